The standard InChI is InChI=1S/C26H22FN5OS/c1-17-8-10-21(11-9-17)25-30-29-24(33-25)18(2)34-26-31-28-23(20-12-14-22(27)15-13-20)32(26)16-19-6-4-3-5-7-19/h3-15,18H,16H2,1-2H3. The molecule has 5 rings (SSSR count). The summed E-state index contributed by atoms with van der Waals surface area (Å²) >= 11 is 1.49. The monoisotopic (exact) mass is 471 g/mol. The topological polar surface area (TPSA) is 69.6 Å². The highest BCUT2D eigenvalue weighted by Gasteiger charge is 2.22. The van der Waals surface area contributed by atoms with Crippen molar-refractivity contribution in [2.24, 2.45) is 0 Å². The van der Waals surface area contributed by atoms with Crippen LogP contribution in [0.2, 0.25) is 0 Å². The highest BCUT2D eigenvalue weighted by Crippen LogP contribution is 2.36. The lowest BCUT2D eigenvalue weighted by molar-refractivity contribution is 0.508. The molecule has 2 heterocycles. The lowest BCUT2D eigenvalue weighted by Gasteiger charge is -2.12. The fourth-order valence-corrected chi connectivity index (χ4v) is 4.40. The molecule has 5 aromatic rings. The maximum absolute atomic E-state index is 13.5. The van der Waals surface area contributed by atoms with Crippen LogP contribution in [0.15, 0.2) is 88.4 Å². The van der Waals surface area contributed by atoms with E-state index in [1.807, 2.05) is 60.9 Å². The summed E-state index contributed by atoms with van der Waals surface area (Å²) in [5.41, 5.74) is 3.96. The maximum atomic E-state index is 13.5. The van der Waals surface area contributed by atoms with Crippen molar-refractivity contribution in [2.45, 2.75) is 30.8 Å². The number of aromatic nitrogens is 5. The molecule has 0 fully saturated rings. The van der Waals surface area contributed by atoms with E-state index in [1.54, 1.807) is 12.1 Å². The normalized spacial score (nSPS) is 12.1. The van der Waals surface area contributed by atoms with E-state index in [0.29, 0.717) is 29.3 Å². The van der Waals surface area contributed by atoms with E-state index in [2.05, 4.69) is 32.5 Å². The van der Waals surface area contributed by atoms with Crippen molar-refractivity contribution in [1.29, 1.82) is 0 Å². The summed E-state index contributed by atoms with van der Waals surface area (Å²) in [7, 11) is 0. The van der Waals surface area contributed by atoms with Crippen LogP contribution in [0.4, 0.5) is 4.39 Å². The fourth-order valence-electron chi connectivity index (χ4n) is 3.52. The van der Waals surface area contributed by atoms with Gasteiger partial charge in [0.2, 0.25) is 11.8 Å². The Morgan fingerprint density at radius 2 is 1.56 bits per heavy atom. The van der Waals surface area contributed by atoms with E-state index < -0.39 is 0 Å². The molecule has 0 saturated heterocycles. The number of rotatable bonds is 7. The van der Waals surface area contributed by atoms with Crippen molar-refractivity contribution in [3.05, 3.63) is 102 Å². The van der Waals surface area contributed by atoms with Crippen LogP contribution in [0.1, 0.15) is 29.2 Å². The van der Waals surface area contributed by atoms with Gasteiger partial charge in [0, 0.05) is 11.1 Å². The average Bonchev–Trinajstić information content (AvgIpc) is 3.49. The minimum atomic E-state index is -0.290. The third-order valence-corrected chi connectivity index (χ3v) is 6.44. The van der Waals surface area contributed by atoms with Gasteiger partial charge < -0.3 is 4.42 Å². The van der Waals surface area contributed by atoms with E-state index in [1.165, 1.54) is 29.5 Å². The quantitative estimate of drug-likeness (QED) is 0.258. The van der Waals surface area contributed by atoms with Gasteiger partial charge in [-0.15, -0.1) is 20.4 Å². The van der Waals surface area contributed by atoms with Crippen LogP contribution in [0.5, 0.6) is 0 Å². The Kier molecular flexibility index (Phi) is 6.22. The second-order valence-electron chi connectivity index (χ2n) is 7.96. The Morgan fingerprint density at radius 3 is 2.29 bits per heavy atom. The van der Waals surface area contributed by atoms with Gasteiger partial charge in [0.05, 0.1) is 11.8 Å². The minimum absolute atomic E-state index is 0.147. The molecular formula is C26H22FN5OS. The van der Waals surface area contributed by atoms with Crippen LogP contribution < -0.4 is 0 Å². The molecule has 0 N–H and O–H groups in total. The van der Waals surface area contributed by atoms with Crippen molar-refractivity contribution >= 4 is 11.8 Å². The molecule has 2 aromatic heterocycles. The van der Waals surface area contributed by atoms with Gasteiger partial charge in [-0.05, 0) is 55.8 Å². The Morgan fingerprint density at radius 1 is 0.853 bits per heavy atom. The van der Waals surface area contributed by atoms with E-state index in [-0.39, 0.29) is 11.1 Å². The molecule has 0 saturated carbocycles. The Labute approximate surface area is 200 Å². The summed E-state index contributed by atoms with van der Waals surface area (Å²) in [6, 6.07) is 24.3. The first-order valence-electron chi connectivity index (χ1n) is 10.9. The first-order chi connectivity index (χ1) is 16.6. The average molecular weight is 472 g/mol. The van der Waals surface area contributed by atoms with Crippen LogP contribution in [-0.2, 0) is 6.54 Å². The molecule has 1 atom stereocenters. The predicted octanol–water partition coefficient (Wildman–Crippen LogP) is 6.34. The summed E-state index contributed by atoms with van der Waals surface area (Å²) in [5, 5.41) is 17.9. The lowest BCUT2D eigenvalue weighted by atomic mass is 10.1. The van der Waals surface area contributed by atoms with Crippen molar-refractivity contribution in [3.63, 3.8) is 0 Å². The first-order valence-corrected chi connectivity index (χ1v) is 11.7. The highest BCUT2D eigenvalue weighted by atomic mass is 32.2. The molecule has 0 bridgehead atoms. The molecule has 0 aliphatic rings. The smallest absolute Gasteiger partial charge is 0.247 e. The SMILES string of the molecule is Cc1ccc(-c2nnc(C(C)Sc3nnc(-c4ccc(F)cc4)n3Cc3ccccc3)o2)cc1. The minimum Gasteiger partial charge on any atom is -0.419 e. The summed E-state index contributed by atoms with van der Waals surface area (Å²) < 4.78 is 21.5. The van der Waals surface area contributed by atoms with Gasteiger partial charge in [0.25, 0.3) is 0 Å². The number of nitrogens with zero attached hydrogens (tertiary/aromatic N) is 5. The second kappa shape index (κ2) is 9.61. The van der Waals surface area contributed by atoms with Crippen LogP contribution >= 0.6 is 11.8 Å². The number of benzene rings is 3. The number of halogens is 1. The van der Waals surface area contributed by atoms with Gasteiger partial charge >= 0.3 is 0 Å². The van der Waals surface area contributed by atoms with Gasteiger partial charge in [-0.3, -0.25) is 4.57 Å². The van der Waals surface area contributed by atoms with E-state index in [9.17, 15) is 4.39 Å². The zero-order chi connectivity index (χ0) is 23.5. The molecule has 8 heteroatoms. The van der Waals surface area contributed by atoms with Crippen molar-refractivity contribution in [2.75, 3.05) is 0 Å². The number of thioether (sulfide) groups is 1. The number of hydrogen-bond donors (Lipinski definition) is 0. The molecule has 0 aliphatic carbocycles. The Bertz CT molecular complexity index is 1380. The first kappa shape index (κ1) is 22.0. The molecule has 6 nitrogen and oxygen atoms in total. The van der Waals surface area contributed by atoms with Crippen LogP contribution in [-0.4, -0.2) is 25.0 Å². The third kappa shape index (κ3) is 4.77. The largest absolute Gasteiger partial charge is 0.419 e. The molecule has 1 unspecified atom stereocenters. The molecule has 3 aromatic carbocycles. The second-order valence-corrected chi connectivity index (χ2v) is 9.26. The van der Waals surface area contributed by atoms with Gasteiger partial charge in [0.15, 0.2) is 11.0 Å². The Hall–Kier alpha value is -3.78. The molecular weight excluding hydrogens is 449 g/mol. The molecule has 34 heavy (non-hydrogen) atoms. The Balaban J connectivity index is 1.44. The molecule has 0 radical (unpaired) electrons. The fraction of sp³-hybridized carbons (Fsp3) is 0.154. The summed E-state index contributed by atoms with van der Waals surface area (Å²) in [6.07, 6.45) is 0. The van der Waals surface area contributed by atoms with Crippen molar-refractivity contribution < 1.29 is 8.81 Å². The van der Waals surface area contributed by atoms with Crippen LogP contribution in [0, 0.1) is 12.7 Å². The van der Waals surface area contributed by atoms with Crippen molar-refractivity contribution in [1.82, 2.24) is 25.0 Å². The molecule has 0 spiro atoms. The lowest BCUT2D eigenvalue weighted by Crippen LogP contribution is -2.05. The zero-order valence-electron chi connectivity index (χ0n) is 18.7. The number of hydrogen-bond acceptors (Lipinski definition) is 6. The van der Waals surface area contributed by atoms with E-state index in [0.717, 1.165) is 16.7 Å². The summed E-state index contributed by atoms with van der Waals surface area (Å²) in [5.74, 6) is 1.38. The third-order valence-electron chi connectivity index (χ3n) is 5.37. The zero-order valence-corrected chi connectivity index (χ0v) is 19.5. The van der Waals surface area contributed by atoms with E-state index >= 15 is 0 Å². The van der Waals surface area contributed by atoms with Gasteiger partial charge in [-0.2, -0.15) is 0 Å². The van der Waals surface area contributed by atoms with Crippen molar-refractivity contribution in [3.8, 4) is 22.8 Å². The maximum Gasteiger partial charge on any atom is 0.247 e. The van der Waals surface area contributed by atoms with E-state index in [4.69, 9.17) is 4.42 Å². The van der Waals surface area contributed by atoms with Gasteiger partial charge in [-0.1, -0.05) is 59.8 Å². The van der Waals surface area contributed by atoms with Gasteiger partial charge in [0.1, 0.15) is 5.82 Å². The summed E-state index contributed by atoms with van der Waals surface area (Å²) in [4.78, 5) is 0. The summed E-state index contributed by atoms with van der Waals surface area (Å²) in [6.45, 7) is 4.61. The molecule has 170 valence electrons. The predicted molar refractivity (Wildman–Crippen MR) is 130 cm³/mol. The van der Waals surface area contributed by atoms with Gasteiger partial charge in [-0.25, -0.2) is 4.39 Å². The number of aryl methyl sites for hydroxylation is 1. The highest BCUT2D eigenvalue weighted by molar-refractivity contribution is 7.99. The molecule has 0 aliphatic heterocycles. The molecule has 0 amide bonds. The van der Waals surface area contributed by atoms with Crippen LogP contribution in [0.25, 0.3) is 22.8 Å². The van der Waals surface area contributed by atoms with Crippen LogP contribution in [0.3, 0.4) is 0 Å².